The maximum atomic E-state index is 13.2. The summed E-state index contributed by atoms with van der Waals surface area (Å²) in [5, 5.41) is 10.0. The van der Waals surface area contributed by atoms with Crippen molar-refractivity contribution in [3.05, 3.63) is 58.8 Å². The van der Waals surface area contributed by atoms with E-state index < -0.39 is 5.97 Å². The second-order valence-corrected chi connectivity index (χ2v) is 6.34. The van der Waals surface area contributed by atoms with Crippen molar-refractivity contribution in [1.82, 2.24) is 4.57 Å². The van der Waals surface area contributed by atoms with E-state index in [1.165, 1.54) is 0 Å². The third-order valence-electron chi connectivity index (χ3n) is 4.71. The van der Waals surface area contributed by atoms with Gasteiger partial charge in [-0.25, -0.2) is 0 Å². The number of aliphatic carboxylic acids is 1. The Kier molecular flexibility index (Phi) is 4.90. The van der Waals surface area contributed by atoms with Gasteiger partial charge in [-0.05, 0) is 49.7 Å². The van der Waals surface area contributed by atoms with E-state index in [0.717, 1.165) is 5.56 Å². The van der Waals surface area contributed by atoms with Crippen LogP contribution in [0.5, 0.6) is 11.5 Å². The highest BCUT2D eigenvalue weighted by atomic mass is 16.5. The zero-order chi connectivity index (χ0) is 19.7. The number of hydrogen-bond acceptors (Lipinski definition) is 4. The Balaban J connectivity index is 2.24. The van der Waals surface area contributed by atoms with E-state index in [9.17, 15) is 14.7 Å². The van der Waals surface area contributed by atoms with Gasteiger partial charge in [-0.2, -0.15) is 0 Å². The topological polar surface area (TPSA) is 77.8 Å². The number of carboxylic acids is 1. The molecule has 0 spiro atoms. The summed E-state index contributed by atoms with van der Waals surface area (Å²) in [7, 11) is 3.13. The Morgan fingerprint density at radius 3 is 2.26 bits per heavy atom. The molecule has 0 fully saturated rings. The van der Waals surface area contributed by atoms with Crippen LogP contribution in [-0.4, -0.2) is 35.6 Å². The van der Waals surface area contributed by atoms with Gasteiger partial charge in [0.1, 0.15) is 18.0 Å². The largest absolute Gasteiger partial charge is 0.497 e. The van der Waals surface area contributed by atoms with Crippen molar-refractivity contribution in [2.45, 2.75) is 20.4 Å². The Labute approximate surface area is 156 Å². The van der Waals surface area contributed by atoms with Gasteiger partial charge in [0.05, 0.1) is 25.3 Å². The number of carbonyl (C=O) groups is 2. The van der Waals surface area contributed by atoms with Gasteiger partial charge in [0.15, 0.2) is 5.78 Å². The van der Waals surface area contributed by atoms with Gasteiger partial charge in [-0.1, -0.05) is 0 Å². The van der Waals surface area contributed by atoms with Crippen LogP contribution < -0.4 is 9.47 Å². The molecule has 0 unspecified atom stereocenters. The molecule has 0 saturated carbocycles. The minimum Gasteiger partial charge on any atom is -0.497 e. The zero-order valence-corrected chi connectivity index (χ0v) is 15.7. The number of hydrogen-bond donors (Lipinski definition) is 1. The van der Waals surface area contributed by atoms with Crippen molar-refractivity contribution in [2.75, 3.05) is 14.2 Å². The zero-order valence-electron chi connectivity index (χ0n) is 15.7. The fourth-order valence-corrected chi connectivity index (χ4v) is 3.34. The molecule has 0 atom stereocenters. The van der Waals surface area contributed by atoms with Crippen LogP contribution in [0.15, 0.2) is 36.4 Å². The van der Waals surface area contributed by atoms with E-state index in [0.29, 0.717) is 39.2 Å². The number of carbonyl (C=O) groups excluding carboxylic acids is 1. The lowest BCUT2D eigenvalue weighted by atomic mass is 9.99. The quantitative estimate of drug-likeness (QED) is 0.674. The van der Waals surface area contributed by atoms with E-state index in [1.54, 1.807) is 56.0 Å². The molecule has 1 heterocycles. The van der Waals surface area contributed by atoms with Crippen LogP contribution in [0.1, 0.15) is 27.2 Å². The highest BCUT2D eigenvalue weighted by molar-refractivity contribution is 6.18. The minimum atomic E-state index is -0.974. The molecule has 6 heteroatoms. The number of methoxy groups -OCH3 is 2. The lowest BCUT2D eigenvalue weighted by Crippen LogP contribution is -2.11. The van der Waals surface area contributed by atoms with Crippen LogP contribution in [0.2, 0.25) is 0 Å². The number of ketones is 1. The summed E-state index contributed by atoms with van der Waals surface area (Å²) in [6.07, 6.45) is 0. The van der Waals surface area contributed by atoms with Crippen molar-refractivity contribution < 1.29 is 24.2 Å². The summed E-state index contributed by atoms with van der Waals surface area (Å²) in [5.41, 5.74) is 3.17. The fourth-order valence-electron chi connectivity index (χ4n) is 3.34. The molecule has 1 aromatic heterocycles. The van der Waals surface area contributed by atoms with Crippen molar-refractivity contribution in [1.29, 1.82) is 0 Å². The van der Waals surface area contributed by atoms with E-state index in [4.69, 9.17) is 9.47 Å². The number of aryl methyl sites for hydroxylation is 1. The summed E-state index contributed by atoms with van der Waals surface area (Å²) in [6.45, 7) is 3.43. The van der Waals surface area contributed by atoms with Gasteiger partial charge < -0.3 is 19.1 Å². The smallest absolute Gasteiger partial charge is 0.323 e. The number of fused-ring (bicyclic) bond motifs is 1. The van der Waals surface area contributed by atoms with Gasteiger partial charge in [0.25, 0.3) is 0 Å². The number of aromatic nitrogens is 1. The lowest BCUT2D eigenvalue weighted by Gasteiger charge is -2.08. The number of nitrogens with zero attached hydrogens (tertiary/aromatic N) is 1. The number of carboxylic acid groups (broad SMARTS) is 1. The molecule has 6 nitrogen and oxygen atoms in total. The van der Waals surface area contributed by atoms with Gasteiger partial charge in [-0.3, -0.25) is 9.59 Å². The average Bonchev–Trinajstić information content (AvgIpc) is 2.91. The summed E-state index contributed by atoms with van der Waals surface area (Å²) in [5.74, 6) is 0.180. The van der Waals surface area contributed by atoms with Gasteiger partial charge in [-0.15, -0.1) is 0 Å². The first-order valence-electron chi connectivity index (χ1n) is 8.45. The fraction of sp³-hybridized carbons (Fsp3) is 0.238. The highest BCUT2D eigenvalue weighted by Crippen LogP contribution is 2.33. The van der Waals surface area contributed by atoms with Crippen molar-refractivity contribution >= 4 is 22.7 Å². The van der Waals surface area contributed by atoms with Crippen molar-refractivity contribution in [3.8, 4) is 11.5 Å². The second-order valence-electron chi connectivity index (χ2n) is 6.34. The first kappa shape index (κ1) is 18.5. The average molecular weight is 367 g/mol. The Morgan fingerprint density at radius 2 is 1.70 bits per heavy atom. The first-order valence-corrected chi connectivity index (χ1v) is 8.45. The summed E-state index contributed by atoms with van der Waals surface area (Å²) in [6, 6.07) is 10.5. The Hall–Kier alpha value is -3.28. The monoisotopic (exact) mass is 367 g/mol. The third kappa shape index (κ3) is 3.26. The number of benzene rings is 2. The molecule has 0 aliphatic rings. The van der Waals surface area contributed by atoms with Crippen LogP contribution in [0.3, 0.4) is 0 Å². The maximum Gasteiger partial charge on any atom is 0.323 e. The van der Waals surface area contributed by atoms with Crippen LogP contribution >= 0.6 is 0 Å². The van der Waals surface area contributed by atoms with E-state index in [1.807, 2.05) is 13.0 Å². The molecule has 0 aliphatic carbocycles. The summed E-state index contributed by atoms with van der Waals surface area (Å²) >= 11 is 0. The Bertz CT molecular complexity index is 1030. The molecule has 140 valence electrons. The molecule has 3 rings (SSSR count). The van der Waals surface area contributed by atoms with Gasteiger partial charge in [0.2, 0.25) is 0 Å². The second kappa shape index (κ2) is 7.15. The molecule has 0 bridgehead atoms. The van der Waals surface area contributed by atoms with Crippen LogP contribution in [-0.2, 0) is 11.3 Å². The molecule has 0 aliphatic heterocycles. The number of ether oxygens (including phenoxy) is 2. The van der Waals surface area contributed by atoms with Gasteiger partial charge in [0, 0.05) is 22.7 Å². The predicted molar refractivity (Wildman–Crippen MR) is 102 cm³/mol. The molecule has 3 aromatic rings. The van der Waals surface area contributed by atoms with E-state index in [-0.39, 0.29) is 12.3 Å². The van der Waals surface area contributed by atoms with Crippen LogP contribution in [0.4, 0.5) is 0 Å². The van der Waals surface area contributed by atoms with Crippen molar-refractivity contribution in [3.63, 3.8) is 0 Å². The molecule has 0 amide bonds. The SMILES string of the molecule is COc1ccc(C(=O)c2c(C)n(CC(=O)O)c3cc(OC)c(C)cc23)cc1. The first-order chi connectivity index (χ1) is 12.9. The molecule has 2 aromatic carbocycles. The summed E-state index contributed by atoms with van der Waals surface area (Å²) < 4.78 is 12.2. The minimum absolute atomic E-state index is 0.158. The van der Waals surface area contributed by atoms with E-state index >= 15 is 0 Å². The molecule has 0 radical (unpaired) electrons. The molecular weight excluding hydrogens is 346 g/mol. The predicted octanol–water partition coefficient (Wildman–Crippen LogP) is 3.59. The molecule has 27 heavy (non-hydrogen) atoms. The van der Waals surface area contributed by atoms with Crippen LogP contribution in [0.25, 0.3) is 10.9 Å². The normalized spacial score (nSPS) is 10.8. The molecule has 0 saturated heterocycles. The standard InChI is InChI=1S/C21H21NO5/c1-12-9-16-17(10-18(12)27-4)22(11-19(23)24)13(2)20(16)21(25)14-5-7-15(26-3)8-6-14/h5-10H,11H2,1-4H3,(H,23,24). The van der Waals surface area contributed by atoms with Crippen LogP contribution in [0, 0.1) is 13.8 Å². The lowest BCUT2D eigenvalue weighted by molar-refractivity contribution is -0.137. The number of rotatable bonds is 6. The van der Waals surface area contributed by atoms with E-state index in [2.05, 4.69) is 0 Å². The Morgan fingerprint density at radius 1 is 1.04 bits per heavy atom. The molecule has 1 N–H and O–H groups in total. The third-order valence-corrected chi connectivity index (χ3v) is 4.71. The highest BCUT2D eigenvalue weighted by Gasteiger charge is 2.23. The van der Waals surface area contributed by atoms with Crippen molar-refractivity contribution in [2.24, 2.45) is 0 Å². The van der Waals surface area contributed by atoms with Gasteiger partial charge >= 0.3 is 5.97 Å². The molecular formula is C21H21NO5. The summed E-state index contributed by atoms with van der Waals surface area (Å²) in [4.78, 5) is 24.6. The maximum absolute atomic E-state index is 13.2.